The predicted molar refractivity (Wildman–Crippen MR) is 134 cm³/mol. The lowest BCUT2D eigenvalue weighted by Gasteiger charge is -2.41. The summed E-state index contributed by atoms with van der Waals surface area (Å²) in [5.74, 6) is 0.955. The van der Waals surface area contributed by atoms with Crippen molar-refractivity contribution in [3.63, 3.8) is 0 Å². The Labute approximate surface area is 204 Å². The number of hydrogen-bond acceptors (Lipinski definition) is 5. The average Bonchev–Trinajstić information content (AvgIpc) is 3.11. The third-order valence-electron chi connectivity index (χ3n) is 7.70. The number of amides is 1. The van der Waals surface area contributed by atoms with E-state index in [1.165, 1.54) is 16.0 Å². The third-order valence-corrected chi connectivity index (χ3v) is 7.70. The maximum Gasteiger partial charge on any atom is 0.261 e. The Morgan fingerprint density at radius 2 is 1.94 bits per heavy atom. The van der Waals surface area contributed by atoms with E-state index in [4.69, 9.17) is 15.5 Å². The number of fused-ring (bicyclic) bond motifs is 3. The van der Waals surface area contributed by atoms with E-state index in [-0.39, 0.29) is 23.9 Å². The van der Waals surface area contributed by atoms with E-state index >= 15 is 0 Å². The Bertz CT molecular complexity index is 1420. The van der Waals surface area contributed by atoms with Crippen LogP contribution in [-0.2, 0) is 16.8 Å². The fourth-order valence-electron chi connectivity index (χ4n) is 5.92. The molecule has 2 heterocycles. The molecule has 0 saturated heterocycles. The Morgan fingerprint density at radius 3 is 2.74 bits per heavy atom. The van der Waals surface area contributed by atoms with Crippen LogP contribution in [0.2, 0.25) is 0 Å². The average molecular weight is 463 g/mol. The molecular weight excluding hydrogens is 436 g/mol. The van der Waals surface area contributed by atoms with Crippen LogP contribution in [0.1, 0.15) is 47.4 Å². The number of aryl methyl sites for hydroxylation is 1. The molecule has 3 atom stereocenters. The van der Waals surface area contributed by atoms with Gasteiger partial charge in [0.15, 0.2) is 11.5 Å². The van der Waals surface area contributed by atoms with Crippen LogP contribution in [-0.4, -0.2) is 29.9 Å². The van der Waals surface area contributed by atoms with Gasteiger partial charge in [0.25, 0.3) is 5.91 Å². The van der Waals surface area contributed by atoms with Gasteiger partial charge in [0.1, 0.15) is 11.9 Å². The van der Waals surface area contributed by atoms with Crippen LogP contribution in [0.15, 0.2) is 71.7 Å². The van der Waals surface area contributed by atoms with E-state index in [1.807, 2.05) is 36.4 Å². The first-order valence-electron chi connectivity index (χ1n) is 12.0. The molecule has 0 radical (unpaired) electrons. The van der Waals surface area contributed by atoms with E-state index in [2.05, 4.69) is 30.3 Å². The Morgan fingerprint density at radius 1 is 1.11 bits per heavy atom. The number of aliphatic imine (C=N–C) groups is 1. The minimum absolute atomic E-state index is 0.128. The number of nitrogens with zero attached hydrogens (tertiary/aromatic N) is 3. The summed E-state index contributed by atoms with van der Waals surface area (Å²) in [5, 5.41) is 9.33. The van der Waals surface area contributed by atoms with Gasteiger partial charge in [-0.1, -0.05) is 42.5 Å². The standard InChI is InChI=1S/C29H26N4O2/c1-33-27(34)29(32-28(33)31)16-26(23-11-5-8-19-7-2-3-10-22(19)23)35-25-13-12-21(15-24(25)29)20-9-4-6-18(14-20)17-30/h2-4,6-7,9-10,12-15,23,26H,5,8,11,16H2,1H3,(H2,31,32)/t23-,26?,29?/m0/s1. The monoisotopic (exact) mass is 462 g/mol. The number of carbonyl (C=O) groups is 1. The summed E-state index contributed by atoms with van der Waals surface area (Å²) in [4.78, 5) is 19.9. The Balaban J connectivity index is 1.48. The molecule has 3 aromatic carbocycles. The summed E-state index contributed by atoms with van der Waals surface area (Å²) in [6.45, 7) is 0. The number of carbonyl (C=O) groups excluding carboxylic acids is 1. The number of guanidine groups is 1. The van der Waals surface area contributed by atoms with Crippen molar-refractivity contribution < 1.29 is 9.53 Å². The molecule has 2 aliphatic heterocycles. The van der Waals surface area contributed by atoms with Gasteiger partial charge in [-0.3, -0.25) is 9.69 Å². The lowest BCUT2D eigenvalue weighted by Crippen LogP contribution is -2.47. The van der Waals surface area contributed by atoms with Crippen molar-refractivity contribution in [1.29, 1.82) is 5.26 Å². The molecule has 0 fully saturated rings. The SMILES string of the molecule is CN1C(=O)C2(CC([C@H]3CCCc4ccccc43)Oc3ccc(-c4cccc(C#N)c4)cc32)N=C1N. The smallest absolute Gasteiger partial charge is 0.261 e. The lowest BCUT2D eigenvalue weighted by atomic mass is 9.73. The number of nitriles is 1. The molecule has 6 rings (SSSR count). The largest absolute Gasteiger partial charge is 0.489 e. The van der Waals surface area contributed by atoms with E-state index in [1.54, 1.807) is 13.1 Å². The molecule has 2 N–H and O–H groups in total. The van der Waals surface area contributed by atoms with Crippen LogP contribution >= 0.6 is 0 Å². The predicted octanol–water partition coefficient (Wildman–Crippen LogP) is 4.48. The van der Waals surface area contributed by atoms with Crippen molar-refractivity contribution in [1.82, 2.24) is 4.90 Å². The number of ether oxygens (including phenoxy) is 1. The molecule has 3 aromatic rings. The molecule has 6 nitrogen and oxygen atoms in total. The molecule has 0 aromatic heterocycles. The highest BCUT2D eigenvalue weighted by atomic mass is 16.5. The summed E-state index contributed by atoms with van der Waals surface area (Å²) >= 11 is 0. The molecule has 6 heteroatoms. The first-order chi connectivity index (χ1) is 17.0. The van der Waals surface area contributed by atoms with E-state index in [0.29, 0.717) is 17.7 Å². The van der Waals surface area contributed by atoms with Crippen molar-refractivity contribution in [2.24, 2.45) is 10.7 Å². The van der Waals surface area contributed by atoms with Gasteiger partial charge in [0.2, 0.25) is 0 Å². The van der Waals surface area contributed by atoms with Crippen LogP contribution in [0.3, 0.4) is 0 Å². The summed E-state index contributed by atoms with van der Waals surface area (Å²) in [6, 6.07) is 24.1. The first kappa shape index (κ1) is 21.4. The van der Waals surface area contributed by atoms with Crippen molar-refractivity contribution in [3.05, 3.63) is 89.0 Å². The maximum absolute atomic E-state index is 13.7. The topological polar surface area (TPSA) is 91.7 Å². The van der Waals surface area contributed by atoms with Crippen LogP contribution in [0, 0.1) is 11.3 Å². The van der Waals surface area contributed by atoms with Gasteiger partial charge in [0, 0.05) is 24.9 Å². The minimum atomic E-state index is -1.12. The molecule has 3 aliphatic rings. The van der Waals surface area contributed by atoms with Crippen molar-refractivity contribution in [3.8, 4) is 22.9 Å². The summed E-state index contributed by atoms with van der Waals surface area (Å²) in [7, 11) is 1.68. The van der Waals surface area contributed by atoms with E-state index < -0.39 is 5.54 Å². The van der Waals surface area contributed by atoms with Crippen LogP contribution in [0.5, 0.6) is 5.75 Å². The number of likely N-dealkylation sites (N-methyl/N-ethyl adjacent to an activating group) is 1. The van der Waals surface area contributed by atoms with E-state index in [9.17, 15) is 10.1 Å². The van der Waals surface area contributed by atoms with Gasteiger partial charge in [-0.25, -0.2) is 4.99 Å². The normalized spacial score (nSPS) is 24.9. The minimum Gasteiger partial charge on any atom is -0.489 e. The van der Waals surface area contributed by atoms with E-state index in [0.717, 1.165) is 36.0 Å². The summed E-state index contributed by atoms with van der Waals surface area (Å²) in [6.07, 6.45) is 3.41. The second-order valence-electron chi connectivity index (χ2n) is 9.66. The maximum atomic E-state index is 13.7. The molecule has 2 unspecified atom stereocenters. The highest BCUT2D eigenvalue weighted by Crippen LogP contribution is 2.50. The Hall–Kier alpha value is -4.11. The summed E-state index contributed by atoms with van der Waals surface area (Å²) in [5.41, 5.74) is 10.9. The zero-order valence-corrected chi connectivity index (χ0v) is 19.6. The molecule has 1 amide bonds. The fourth-order valence-corrected chi connectivity index (χ4v) is 5.92. The number of rotatable bonds is 2. The fraction of sp³-hybridized carbons (Fsp3) is 0.276. The molecule has 1 spiro atoms. The number of hydrogen-bond donors (Lipinski definition) is 1. The molecular formula is C29H26N4O2. The van der Waals surface area contributed by atoms with Gasteiger partial charge in [0.05, 0.1) is 11.6 Å². The van der Waals surface area contributed by atoms with Crippen LogP contribution in [0.25, 0.3) is 11.1 Å². The van der Waals surface area contributed by atoms with Crippen LogP contribution < -0.4 is 10.5 Å². The van der Waals surface area contributed by atoms with Gasteiger partial charge in [-0.2, -0.15) is 5.26 Å². The first-order valence-corrected chi connectivity index (χ1v) is 12.0. The molecule has 174 valence electrons. The number of benzene rings is 3. The Kier molecular flexibility index (Phi) is 4.89. The quantitative estimate of drug-likeness (QED) is 0.608. The van der Waals surface area contributed by atoms with Gasteiger partial charge < -0.3 is 10.5 Å². The van der Waals surface area contributed by atoms with Crippen molar-refractivity contribution in [2.75, 3.05) is 7.05 Å². The number of nitrogens with two attached hydrogens (primary N) is 1. The second-order valence-corrected chi connectivity index (χ2v) is 9.66. The van der Waals surface area contributed by atoms with Crippen molar-refractivity contribution in [2.45, 2.75) is 43.2 Å². The highest BCUT2D eigenvalue weighted by molar-refractivity contribution is 6.07. The van der Waals surface area contributed by atoms with Crippen LogP contribution in [0.4, 0.5) is 0 Å². The summed E-state index contributed by atoms with van der Waals surface area (Å²) < 4.78 is 6.64. The molecule has 1 aliphatic carbocycles. The molecule has 0 bridgehead atoms. The highest BCUT2D eigenvalue weighted by Gasteiger charge is 2.54. The van der Waals surface area contributed by atoms with Crippen molar-refractivity contribution >= 4 is 11.9 Å². The van der Waals surface area contributed by atoms with Gasteiger partial charge >= 0.3 is 0 Å². The second kappa shape index (κ2) is 7.99. The molecule has 0 saturated carbocycles. The molecule has 35 heavy (non-hydrogen) atoms. The lowest BCUT2D eigenvalue weighted by molar-refractivity contribution is -0.132. The zero-order valence-electron chi connectivity index (χ0n) is 19.6. The van der Waals surface area contributed by atoms with Gasteiger partial charge in [-0.05, 0) is 65.8 Å². The van der Waals surface area contributed by atoms with Gasteiger partial charge in [-0.15, -0.1) is 0 Å². The third kappa shape index (κ3) is 3.30. The zero-order chi connectivity index (χ0) is 24.2.